The summed E-state index contributed by atoms with van der Waals surface area (Å²) in [7, 11) is 0. The molecule has 0 spiro atoms. The molecule has 0 aromatic rings. The molecule has 66 valence electrons. The topological polar surface area (TPSA) is 37.3 Å². The zero-order chi connectivity index (χ0) is 9.02. The van der Waals surface area contributed by atoms with Crippen molar-refractivity contribution in [1.29, 1.82) is 0 Å². The molecular weight excluding hydrogens is 180 g/mol. The van der Waals surface area contributed by atoms with Gasteiger partial charge in [-0.05, 0) is 11.7 Å². The van der Waals surface area contributed by atoms with Crippen molar-refractivity contribution in [3.05, 3.63) is 0 Å². The van der Waals surface area contributed by atoms with Crippen LogP contribution < -0.4 is 0 Å². The van der Waals surface area contributed by atoms with Crippen molar-refractivity contribution in [3.63, 3.8) is 0 Å². The Bertz CT molecular complexity index is 134. The summed E-state index contributed by atoms with van der Waals surface area (Å²) in [5, 5.41) is 8.72. The maximum absolute atomic E-state index is 10.6. The molecule has 4 heteroatoms. The van der Waals surface area contributed by atoms with Crippen LogP contribution in [0.5, 0.6) is 0 Å². The Morgan fingerprint density at radius 2 is 1.91 bits per heavy atom. The van der Waals surface area contributed by atoms with Gasteiger partial charge in [-0.2, -0.15) is 25.3 Å². The van der Waals surface area contributed by atoms with Crippen LogP contribution in [-0.2, 0) is 4.79 Å². The number of hydrogen-bond donors (Lipinski definition) is 3. The molecule has 11 heavy (non-hydrogen) atoms. The molecular formula is C7H14O2S2. The SMILES string of the molecule is CC(S)CC(C(=O)O)C(C)S. The average Bonchev–Trinajstić information content (AvgIpc) is 1.81. The first-order chi connectivity index (χ1) is 4.95. The molecule has 0 aliphatic heterocycles. The highest BCUT2D eigenvalue weighted by Gasteiger charge is 2.22. The van der Waals surface area contributed by atoms with Gasteiger partial charge in [0.25, 0.3) is 0 Å². The first-order valence-electron chi connectivity index (χ1n) is 3.54. The van der Waals surface area contributed by atoms with Gasteiger partial charge in [-0.25, -0.2) is 0 Å². The molecule has 0 heterocycles. The number of thiol groups is 2. The van der Waals surface area contributed by atoms with Crippen LogP contribution in [0.25, 0.3) is 0 Å². The third-order valence-corrected chi connectivity index (χ3v) is 2.07. The van der Waals surface area contributed by atoms with Gasteiger partial charge in [-0.3, -0.25) is 4.79 Å². The van der Waals surface area contributed by atoms with Crippen LogP contribution in [0.15, 0.2) is 0 Å². The molecule has 0 aliphatic carbocycles. The molecule has 0 saturated heterocycles. The fourth-order valence-corrected chi connectivity index (χ4v) is 1.35. The van der Waals surface area contributed by atoms with Gasteiger partial charge >= 0.3 is 5.97 Å². The standard InChI is InChI=1S/C7H14O2S2/c1-4(10)3-6(5(2)11)7(8)9/h4-6,10-11H,3H2,1-2H3,(H,8,9). The summed E-state index contributed by atoms with van der Waals surface area (Å²) in [4.78, 5) is 10.6. The van der Waals surface area contributed by atoms with Crippen LogP contribution in [0.4, 0.5) is 0 Å². The minimum Gasteiger partial charge on any atom is -0.481 e. The van der Waals surface area contributed by atoms with Gasteiger partial charge in [0.15, 0.2) is 0 Å². The maximum atomic E-state index is 10.6. The number of carboxylic acids is 1. The van der Waals surface area contributed by atoms with Crippen molar-refractivity contribution in [3.8, 4) is 0 Å². The van der Waals surface area contributed by atoms with E-state index >= 15 is 0 Å². The fraction of sp³-hybridized carbons (Fsp3) is 0.857. The molecule has 0 rings (SSSR count). The van der Waals surface area contributed by atoms with Gasteiger partial charge in [0.2, 0.25) is 0 Å². The molecule has 1 N–H and O–H groups in total. The van der Waals surface area contributed by atoms with Crippen molar-refractivity contribution in [2.75, 3.05) is 0 Å². The lowest BCUT2D eigenvalue weighted by Gasteiger charge is -2.16. The molecule has 0 saturated carbocycles. The van der Waals surface area contributed by atoms with E-state index in [2.05, 4.69) is 25.3 Å². The number of hydrogen-bond acceptors (Lipinski definition) is 3. The van der Waals surface area contributed by atoms with Crippen molar-refractivity contribution < 1.29 is 9.90 Å². The molecule has 0 fully saturated rings. The largest absolute Gasteiger partial charge is 0.481 e. The van der Waals surface area contributed by atoms with E-state index in [9.17, 15) is 4.79 Å². The van der Waals surface area contributed by atoms with Crippen LogP contribution in [-0.4, -0.2) is 21.6 Å². The van der Waals surface area contributed by atoms with E-state index in [-0.39, 0.29) is 16.4 Å². The minimum atomic E-state index is -0.784. The smallest absolute Gasteiger partial charge is 0.307 e. The number of carboxylic acid groups (broad SMARTS) is 1. The van der Waals surface area contributed by atoms with Crippen LogP contribution in [0.1, 0.15) is 20.3 Å². The van der Waals surface area contributed by atoms with E-state index in [0.29, 0.717) is 6.42 Å². The lowest BCUT2D eigenvalue weighted by Crippen LogP contribution is -2.24. The molecule has 3 unspecified atom stereocenters. The average molecular weight is 194 g/mol. The lowest BCUT2D eigenvalue weighted by molar-refractivity contribution is -0.141. The molecule has 0 amide bonds. The van der Waals surface area contributed by atoms with Crippen LogP contribution in [0, 0.1) is 5.92 Å². The Morgan fingerprint density at radius 3 is 2.00 bits per heavy atom. The summed E-state index contributed by atoms with van der Waals surface area (Å²) in [5.74, 6) is -1.17. The van der Waals surface area contributed by atoms with Gasteiger partial charge in [-0.15, -0.1) is 0 Å². The summed E-state index contributed by atoms with van der Waals surface area (Å²) in [6, 6.07) is 0. The van der Waals surface area contributed by atoms with Crippen molar-refractivity contribution in [2.24, 2.45) is 5.92 Å². The summed E-state index contributed by atoms with van der Waals surface area (Å²) >= 11 is 8.22. The summed E-state index contributed by atoms with van der Waals surface area (Å²) in [6.07, 6.45) is 0.573. The second-order valence-electron chi connectivity index (χ2n) is 2.77. The van der Waals surface area contributed by atoms with Crippen LogP contribution in [0.3, 0.4) is 0 Å². The van der Waals surface area contributed by atoms with E-state index in [1.165, 1.54) is 0 Å². The van der Waals surface area contributed by atoms with Gasteiger partial charge < -0.3 is 5.11 Å². The summed E-state index contributed by atoms with van der Waals surface area (Å²) in [5.41, 5.74) is 0. The molecule has 0 aromatic carbocycles. The van der Waals surface area contributed by atoms with Crippen molar-refractivity contribution >= 4 is 31.2 Å². The first kappa shape index (κ1) is 11.2. The van der Waals surface area contributed by atoms with Gasteiger partial charge in [-0.1, -0.05) is 13.8 Å². The van der Waals surface area contributed by atoms with Gasteiger partial charge in [0.05, 0.1) is 5.92 Å². The molecule has 0 aromatic heterocycles. The second-order valence-corrected chi connectivity index (χ2v) is 4.47. The highest BCUT2D eigenvalue weighted by atomic mass is 32.1. The zero-order valence-electron chi connectivity index (χ0n) is 6.69. The molecule has 2 nitrogen and oxygen atoms in total. The first-order valence-corrected chi connectivity index (χ1v) is 4.57. The quantitative estimate of drug-likeness (QED) is 0.596. The zero-order valence-corrected chi connectivity index (χ0v) is 8.48. The van der Waals surface area contributed by atoms with E-state index < -0.39 is 5.97 Å². The van der Waals surface area contributed by atoms with E-state index in [1.54, 1.807) is 6.92 Å². The predicted molar refractivity (Wildman–Crippen MR) is 52.6 cm³/mol. The molecule has 0 aliphatic rings. The third kappa shape index (κ3) is 4.58. The Kier molecular flexibility index (Phi) is 5.01. The van der Waals surface area contributed by atoms with E-state index in [1.807, 2.05) is 6.92 Å². The lowest BCUT2D eigenvalue weighted by atomic mass is 10.0. The summed E-state index contributed by atoms with van der Waals surface area (Å²) < 4.78 is 0. The van der Waals surface area contributed by atoms with Crippen LogP contribution in [0.2, 0.25) is 0 Å². The van der Waals surface area contributed by atoms with Crippen LogP contribution >= 0.6 is 25.3 Å². The van der Waals surface area contributed by atoms with Gasteiger partial charge in [0.1, 0.15) is 0 Å². The Morgan fingerprint density at radius 1 is 1.45 bits per heavy atom. The fourth-order valence-electron chi connectivity index (χ4n) is 0.872. The number of carbonyl (C=O) groups is 1. The van der Waals surface area contributed by atoms with Gasteiger partial charge in [0, 0.05) is 5.25 Å². The molecule has 0 radical (unpaired) electrons. The molecule has 0 bridgehead atoms. The highest BCUT2D eigenvalue weighted by molar-refractivity contribution is 7.81. The normalized spacial score (nSPS) is 18.9. The molecule has 3 atom stereocenters. The highest BCUT2D eigenvalue weighted by Crippen LogP contribution is 2.18. The second kappa shape index (κ2) is 4.93. The Hall–Kier alpha value is 0.170. The monoisotopic (exact) mass is 194 g/mol. The number of aliphatic carboxylic acids is 1. The Labute approximate surface area is 78.2 Å². The third-order valence-electron chi connectivity index (χ3n) is 1.49. The predicted octanol–water partition coefficient (Wildman–Crippen LogP) is 1.71. The van der Waals surface area contributed by atoms with Crippen molar-refractivity contribution in [1.82, 2.24) is 0 Å². The maximum Gasteiger partial charge on any atom is 0.307 e. The summed E-state index contributed by atoms with van der Waals surface area (Å²) in [6.45, 7) is 3.67. The van der Waals surface area contributed by atoms with E-state index in [4.69, 9.17) is 5.11 Å². The van der Waals surface area contributed by atoms with Crippen molar-refractivity contribution in [2.45, 2.75) is 30.8 Å². The Balaban J connectivity index is 4.01. The number of rotatable bonds is 4. The minimum absolute atomic E-state index is 0.109. The van der Waals surface area contributed by atoms with E-state index in [0.717, 1.165) is 0 Å².